The van der Waals surface area contributed by atoms with E-state index in [4.69, 9.17) is 4.74 Å². The smallest absolute Gasteiger partial charge is 0.247 e. The molecule has 0 aliphatic carbocycles. The van der Waals surface area contributed by atoms with E-state index in [2.05, 4.69) is 22.0 Å². The Morgan fingerprint density at radius 1 is 0.820 bits per heavy atom. The van der Waals surface area contributed by atoms with Crippen LogP contribution in [0.4, 0.5) is 4.39 Å². The summed E-state index contributed by atoms with van der Waals surface area (Å²) in [5.74, 6) is -0.820. The van der Waals surface area contributed by atoms with Crippen LogP contribution in [-0.2, 0) is 29.1 Å². The molecule has 1 fully saturated rings. The van der Waals surface area contributed by atoms with Gasteiger partial charge in [0.25, 0.3) is 0 Å². The maximum absolute atomic E-state index is 14.5. The molecule has 2 amide bonds. The summed E-state index contributed by atoms with van der Waals surface area (Å²) in [6.45, 7) is 3.65. The highest BCUT2D eigenvalue weighted by atomic mass is 19.1. The number of hydrogen-bond donors (Lipinski definition) is 0. The molecule has 1 atom stereocenters. The zero-order valence-electron chi connectivity index (χ0n) is 28.2. The third-order valence-electron chi connectivity index (χ3n) is 9.01. The Bertz CT molecular complexity index is 1880. The summed E-state index contributed by atoms with van der Waals surface area (Å²) in [6, 6.07) is 37.6. The van der Waals surface area contributed by atoms with Crippen LogP contribution in [0.1, 0.15) is 22.3 Å². The van der Waals surface area contributed by atoms with E-state index in [9.17, 15) is 14.0 Å². The number of halogens is 1. The lowest BCUT2D eigenvalue weighted by molar-refractivity contribution is -0.145. The summed E-state index contributed by atoms with van der Waals surface area (Å²) in [5.41, 5.74) is 5.39. The van der Waals surface area contributed by atoms with Gasteiger partial charge in [-0.15, -0.1) is 0 Å². The van der Waals surface area contributed by atoms with Gasteiger partial charge in [0.15, 0.2) is 11.6 Å². The molecule has 50 heavy (non-hydrogen) atoms. The summed E-state index contributed by atoms with van der Waals surface area (Å²) in [7, 11) is 1.41. The fraction of sp³-hybridized carbons (Fsp3) is 0.214. The van der Waals surface area contributed by atoms with Crippen molar-refractivity contribution < 1.29 is 18.7 Å². The normalized spacial score (nSPS) is 14.0. The largest absolute Gasteiger partial charge is 0.494 e. The number of carbonyl (C=O) groups excluding carboxylic acids is 2. The van der Waals surface area contributed by atoms with Gasteiger partial charge in [0.2, 0.25) is 11.8 Å². The number of hydrogen-bond acceptors (Lipinski definition) is 5. The molecule has 0 bridgehead atoms. The third-order valence-corrected chi connectivity index (χ3v) is 9.01. The Morgan fingerprint density at radius 2 is 1.50 bits per heavy atom. The molecule has 0 saturated carbocycles. The number of rotatable bonds is 12. The fourth-order valence-electron chi connectivity index (χ4n) is 6.25. The van der Waals surface area contributed by atoms with Crippen molar-refractivity contribution in [2.75, 3.05) is 33.3 Å². The van der Waals surface area contributed by atoms with Crippen LogP contribution in [0.25, 0.3) is 17.3 Å². The van der Waals surface area contributed by atoms with Crippen molar-refractivity contribution in [3.63, 3.8) is 0 Å². The molecular weight excluding hydrogens is 627 g/mol. The van der Waals surface area contributed by atoms with Gasteiger partial charge in [0.05, 0.1) is 12.8 Å². The topological polar surface area (TPSA) is 66.0 Å². The van der Waals surface area contributed by atoms with Gasteiger partial charge in [-0.25, -0.2) is 4.39 Å². The van der Waals surface area contributed by atoms with Crippen LogP contribution in [0.2, 0.25) is 0 Å². The number of piperazine rings is 1. The minimum Gasteiger partial charge on any atom is -0.494 e. The molecule has 1 aromatic heterocycles. The van der Waals surface area contributed by atoms with E-state index in [1.54, 1.807) is 23.2 Å². The molecule has 0 spiro atoms. The van der Waals surface area contributed by atoms with Crippen molar-refractivity contribution in [2.45, 2.75) is 25.6 Å². The number of ether oxygens (including phenoxy) is 1. The molecule has 4 aromatic carbocycles. The number of pyridine rings is 1. The number of carbonyl (C=O) groups is 2. The predicted molar refractivity (Wildman–Crippen MR) is 194 cm³/mol. The summed E-state index contributed by atoms with van der Waals surface area (Å²) in [5, 5.41) is 0. The van der Waals surface area contributed by atoms with Crippen LogP contribution in [0, 0.1) is 5.82 Å². The fourth-order valence-corrected chi connectivity index (χ4v) is 6.25. The van der Waals surface area contributed by atoms with Gasteiger partial charge in [-0.1, -0.05) is 97.1 Å². The molecule has 1 aliphatic rings. The maximum atomic E-state index is 14.5. The van der Waals surface area contributed by atoms with Gasteiger partial charge < -0.3 is 14.5 Å². The minimum absolute atomic E-state index is 0.0874. The number of methoxy groups -OCH3 is 1. The summed E-state index contributed by atoms with van der Waals surface area (Å²) in [4.78, 5) is 39.1. The zero-order chi connectivity index (χ0) is 34.7. The van der Waals surface area contributed by atoms with Gasteiger partial charge in [-0.3, -0.25) is 19.5 Å². The third kappa shape index (κ3) is 8.89. The molecule has 6 rings (SSSR count). The molecule has 2 heterocycles. The van der Waals surface area contributed by atoms with E-state index in [-0.39, 0.29) is 24.1 Å². The summed E-state index contributed by atoms with van der Waals surface area (Å²) in [6.07, 6.45) is 5.11. The van der Waals surface area contributed by atoms with Crippen molar-refractivity contribution in [3.05, 3.63) is 162 Å². The molecule has 7 nitrogen and oxygen atoms in total. The Morgan fingerprint density at radius 3 is 2.14 bits per heavy atom. The Kier molecular flexibility index (Phi) is 11.4. The number of amides is 2. The quantitative estimate of drug-likeness (QED) is 0.136. The van der Waals surface area contributed by atoms with Gasteiger partial charge in [-0.2, -0.15) is 0 Å². The van der Waals surface area contributed by atoms with Crippen LogP contribution >= 0.6 is 0 Å². The molecule has 8 heteroatoms. The van der Waals surface area contributed by atoms with E-state index in [0.29, 0.717) is 25.1 Å². The second-order valence-corrected chi connectivity index (χ2v) is 12.4. The Labute approximate surface area is 293 Å². The number of nitrogens with zero attached hydrogens (tertiary/aromatic N) is 4. The number of aromatic nitrogens is 1. The Balaban J connectivity index is 1.28. The first-order valence-corrected chi connectivity index (χ1v) is 16.9. The van der Waals surface area contributed by atoms with Gasteiger partial charge in [-0.05, 0) is 52.6 Å². The molecule has 0 radical (unpaired) electrons. The highest BCUT2D eigenvalue weighted by Gasteiger charge is 2.34. The molecular formula is C42H41FN4O3. The van der Waals surface area contributed by atoms with E-state index >= 15 is 0 Å². The highest BCUT2D eigenvalue weighted by molar-refractivity contribution is 5.96. The van der Waals surface area contributed by atoms with Crippen molar-refractivity contribution in [1.82, 2.24) is 19.7 Å². The lowest BCUT2D eigenvalue weighted by Gasteiger charge is -2.39. The molecule has 1 aliphatic heterocycles. The average molecular weight is 669 g/mol. The second-order valence-electron chi connectivity index (χ2n) is 12.4. The molecule has 0 N–H and O–H groups in total. The lowest BCUT2D eigenvalue weighted by atomic mass is 10.0. The standard InChI is InChI=1S/C42H41FN4O3/c1-50-40-21-17-33(28-37(40)43)18-22-41(48)47(31-35-15-19-36(20-16-35)38-14-8-9-23-44-38)39(29-32-10-4-2-5-11-32)42(49)46-26-24-45(25-27-46)30-34-12-6-3-7-13-34/h2-23,28,39H,24-27,29-31H2,1H3. The molecule has 254 valence electrons. The van der Waals surface area contributed by atoms with E-state index in [1.807, 2.05) is 95.9 Å². The maximum Gasteiger partial charge on any atom is 0.247 e. The van der Waals surface area contributed by atoms with Crippen LogP contribution in [-0.4, -0.2) is 70.8 Å². The number of benzene rings is 4. The molecule has 1 saturated heterocycles. The predicted octanol–water partition coefficient (Wildman–Crippen LogP) is 6.89. The van der Waals surface area contributed by atoms with Crippen LogP contribution in [0.3, 0.4) is 0 Å². The van der Waals surface area contributed by atoms with Crippen molar-refractivity contribution in [2.24, 2.45) is 0 Å². The molecule has 5 aromatic rings. The van der Waals surface area contributed by atoms with Gasteiger partial charge >= 0.3 is 0 Å². The van der Waals surface area contributed by atoms with E-state index in [1.165, 1.54) is 30.9 Å². The van der Waals surface area contributed by atoms with Gasteiger partial charge in [0.1, 0.15) is 6.04 Å². The van der Waals surface area contributed by atoms with E-state index in [0.717, 1.165) is 42.0 Å². The van der Waals surface area contributed by atoms with Crippen molar-refractivity contribution >= 4 is 17.9 Å². The Hall–Kier alpha value is -5.60. The molecule has 1 unspecified atom stereocenters. The first kappa shape index (κ1) is 34.3. The average Bonchev–Trinajstić information content (AvgIpc) is 3.17. The van der Waals surface area contributed by atoms with Crippen LogP contribution in [0.5, 0.6) is 5.75 Å². The first-order valence-electron chi connectivity index (χ1n) is 16.9. The summed E-state index contributed by atoms with van der Waals surface area (Å²) >= 11 is 0. The van der Waals surface area contributed by atoms with Crippen LogP contribution < -0.4 is 4.74 Å². The highest BCUT2D eigenvalue weighted by Crippen LogP contribution is 2.23. The van der Waals surface area contributed by atoms with Crippen molar-refractivity contribution in [1.29, 1.82) is 0 Å². The first-order chi connectivity index (χ1) is 24.5. The zero-order valence-corrected chi connectivity index (χ0v) is 28.2. The SMILES string of the molecule is COc1ccc(C=CC(=O)N(Cc2ccc(-c3ccccn3)cc2)C(Cc2ccccc2)C(=O)N2CCN(Cc3ccccc3)CC2)cc1F. The summed E-state index contributed by atoms with van der Waals surface area (Å²) < 4.78 is 19.5. The second kappa shape index (κ2) is 16.7. The van der Waals surface area contributed by atoms with Crippen molar-refractivity contribution in [3.8, 4) is 17.0 Å². The monoisotopic (exact) mass is 668 g/mol. The van der Waals surface area contributed by atoms with Gasteiger partial charge in [0, 0.05) is 63.5 Å². The van der Waals surface area contributed by atoms with E-state index < -0.39 is 11.9 Å². The minimum atomic E-state index is -0.765. The van der Waals surface area contributed by atoms with Crippen LogP contribution in [0.15, 0.2) is 134 Å². The lowest BCUT2D eigenvalue weighted by Crippen LogP contribution is -2.56.